The molecule has 1 aromatic carbocycles. The van der Waals surface area contributed by atoms with E-state index >= 15 is 0 Å². The number of carbonyl (C=O) groups excluding carboxylic acids is 1. The van der Waals surface area contributed by atoms with Gasteiger partial charge >= 0.3 is 5.63 Å². The maximum atomic E-state index is 12.4. The van der Waals surface area contributed by atoms with Gasteiger partial charge in [0.2, 0.25) is 0 Å². The predicted octanol–water partition coefficient (Wildman–Crippen LogP) is 3.14. The third-order valence-corrected chi connectivity index (χ3v) is 4.80. The average molecular weight is 440 g/mol. The van der Waals surface area contributed by atoms with E-state index in [1.165, 1.54) is 12.3 Å². The number of nitrogens with zero attached hydrogens (tertiary/aromatic N) is 5. The normalized spacial score (nSPS) is 11.5. The largest absolute Gasteiger partial charge is 0.422 e. The molecule has 0 aliphatic heterocycles. The topological polar surface area (TPSA) is 135 Å². The van der Waals surface area contributed by atoms with Gasteiger partial charge in [0.25, 0.3) is 5.91 Å². The van der Waals surface area contributed by atoms with Crippen molar-refractivity contribution in [1.82, 2.24) is 10.3 Å². The Balaban J connectivity index is 1.91. The van der Waals surface area contributed by atoms with E-state index < -0.39 is 11.5 Å². The molecule has 164 valence electrons. The molecule has 33 heavy (non-hydrogen) atoms. The highest BCUT2D eigenvalue weighted by molar-refractivity contribution is 5.94. The number of hydrogen-bond donors (Lipinski definition) is 1. The Morgan fingerprint density at radius 3 is 2.61 bits per heavy atom. The van der Waals surface area contributed by atoms with Crippen molar-refractivity contribution in [3.05, 3.63) is 81.7 Å². The van der Waals surface area contributed by atoms with Crippen LogP contribution in [0.3, 0.4) is 0 Å². The van der Waals surface area contributed by atoms with Crippen LogP contribution < -0.4 is 15.8 Å². The molecule has 0 saturated carbocycles. The Morgan fingerprint density at radius 2 is 1.97 bits per heavy atom. The van der Waals surface area contributed by atoms with Crippen LogP contribution in [0.5, 0.6) is 0 Å². The summed E-state index contributed by atoms with van der Waals surface area (Å²) in [4.78, 5) is 34.6. The lowest BCUT2D eigenvalue weighted by Crippen LogP contribution is -2.24. The second kappa shape index (κ2) is 10.5. The van der Waals surface area contributed by atoms with Gasteiger partial charge in [-0.2, -0.15) is 10.5 Å². The second-order valence-corrected chi connectivity index (χ2v) is 6.76. The maximum Gasteiger partial charge on any atom is 0.345 e. The van der Waals surface area contributed by atoms with Crippen molar-refractivity contribution >= 4 is 28.8 Å². The average Bonchev–Trinajstić information content (AvgIpc) is 2.84. The number of amides is 1. The molecule has 0 aliphatic carbocycles. The number of aromatic nitrogens is 1. The Hall–Kier alpha value is -4.76. The molecule has 0 radical (unpaired) electrons. The Kier molecular flexibility index (Phi) is 7.30. The monoisotopic (exact) mass is 440 g/mol. The van der Waals surface area contributed by atoms with Crippen molar-refractivity contribution in [2.45, 2.75) is 13.8 Å². The number of hydrogen-bond acceptors (Lipinski definition) is 8. The molecule has 3 rings (SSSR count). The van der Waals surface area contributed by atoms with E-state index in [1.54, 1.807) is 36.4 Å². The van der Waals surface area contributed by atoms with Crippen LogP contribution in [-0.2, 0) is 0 Å². The molecule has 0 unspecified atom stereocenters. The summed E-state index contributed by atoms with van der Waals surface area (Å²) < 4.78 is 5.43. The van der Waals surface area contributed by atoms with Gasteiger partial charge in [-0.05, 0) is 44.2 Å². The first-order valence-corrected chi connectivity index (χ1v) is 10.1. The number of allylic oxidation sites excluding steroid dienone is 2. The van der Waals surface area contributed by atoms with E-state index in [0.29, 0.717) is 11.0 Å². The van der Waals surface area contributed by atoms with E-state index in [2.05, 4.69) is 20.2 Å². The fourth-order valence-corrected chi connectivity index (χ4v) is 3.09. The van der Waals surface area contributed by atoms with Crippen molar-refractivity contribution in [2.75, 3.05) is 18.0 Å². The van der Waals surface area contributed by atoms with Gasteiger partial charge in [0.1, 0.15) is 23.4 Å². The molecule has 0 spiro atoms. The first kappa shape index (κ1) is 22.9. The van der Waals surface area contributed by atoms with Gasteiger partial charge < -0.3 is 14.6 Å². The number of benzene rings is 1. The number of rotatable bonds is 7. The number of aliphatic imine (C=N–C) groups is 1. The van der Waals surface area contributed by atoms with Gasteiger partial charge in [0.05, 0.1) is 5.56 Å². The van der Waals surface area contributed by atoms with Gasteiger partial charge in [-0.3, -0.25) is 9.78 Å². The van der Waals surface area contributed by atoms with E-state index in [4.69, 9.17) is 4.42 Å². The van der Waals surface area contributed by atoms with Crippen molar-refractivity contribution in [3.8, 4) is 12.1 Å². The van der Waals surface area contributed by atoms with Crippen LogP contribution in [0.25, 0.3) is 11.0 Å². The zero-order valence-corrected chi connectivity index (χ0v) is 18.1. The Labute approximate surface area is 189 Å². The standard InChI is InChI=1S/C24H20N6O3/c1-3-30(4-2)18-9-8-16-11-17(24(32)33-22(16)12-18)15-28-20(13-25)21(14-26)29-23(31)19-7-5-6-10-27-19/h5-12,15H,3-4H2,1-2H3,(H,29,31)/b21-20+,28-15?. The smallest absolute Gasteiger partial charge is 0.345 e. The van der Waals surface area contributed by atoms with Gasteiger partial charge in [-0.1, -0.05) is 6.07 Å². The number of nitrogens with one attached hydrogen (secondary N) is 1. The SMILES string of the molecule is CCN(CC)c1ccc2cc(C=N/C(C#N)=C(\C#N)NC(=O)c3ccccn3)c(=O)oc2c1. The summed E-state index contributed by atoms with van der Waals surface area (Å²) in [6, 6.07) is 15.4. The van der Waals surface area contributed by atoms with E-state index in [0.717, 1.165) is 25.0 Å². The van der Waals surface area contributed by atoms with Crippen LogP contribution in [0.15, 0.2) is 74.3 Å². The highest BCUT2D eigenvalue weighted by Gasteiger charge is 2.13. The van der Waals surface area contributed by atoms with Crippen LogP contribution >= 0.6 is 0 Å². The van der Waals surface area contributed by atoms with Crippen molar-refractivity contribution in [1.29, 1.82) is 10.5 Å². The summed E-state index contributed by atoms with van der Waals surface area (Å²) in [6.07, 6.45) is 2.56. The number of anilines is 1. The maximum absolute atomic E-state index is 12.4. The summed E-state index contributed by atoms with van der Waals surface area (Å²) in [6.45, 7) is 5.72. The fraction of sp³-hybridized carbons (Fsp3) is 0.167. The van der Waals surface area contributed by atoms with Crippen LogP contribution in [0.4, 0.5) is 5.69 Å². The minimum Gasteiger partial charge on any atom is -0.422 e. The predicted molar refractivity (Wildman–Crippen MR) is 124 cm³/mol. The lowest BCUT2D eigenvalue weighted by Gasteiger charge is -2.20. The highest BCUT2D eigenvalue weighted by Crippen LogP contribution is 2.21. The summed E-state index contributed by atoms with van der Waals surface area (Å²) in [5, 5.41) is 21.8. The van der Waals surface area contributed by atoms with Crippen molar-refractivity contribution in [3.63, 3.8) is 0 Å². The summed E-state index contributed by atoms with van der Waals surface area (Å²) in [5.74, 6) is -0.663. The lowest BCUT2D eigenvalue weighted by atomic mass is 10.1. The fourth-order valence-electron chi connectivity index (χ4n) is 3.09. The summed E-state index contributed by atoms with van der Waals surface area (Å²) >= 11 is 0. The summed E-state index contributed by atoms with van der Waals surface area (Å²) in [5.41, 5.74) is 0.171. The molecule has 0 atom stereocenters. The second-order valence-electron chi connectivity index (χ2n) is 6.76. The molecule has 0 aliphatic rings. The molecular formula is C24H20N6O3. The number of nitriles is 2. The molecular weight excluding hydrogens is 420 g/mol. The van der Waals surface area contributed by atoms with Crippen LogP contribution in [-0.4, -0.2) is 30.2 Å². The zero-order chi connectivity index (χ0) is 23.8. The molecule has 2 aromatic heterocycles. The van der Waals surface area contributed by atoms with E-state index in [-0.39, 0.29) is 22.7 Å². The number of fused-ring (bicyclic) bond motifs is 1. The summed E-state index contributed by atoms with van der Waals surface area (Å²) in [7, 11) is 0. The third kappa shape index (κ3) is 5.30. The highest BCUT2D eigenvalue weighted by atomic mass is 16.4. The van der Waals surface area contributed by atoms with Gasteiger partial charge in [-0.15, -0.1) is 0 Å². The first-order valence-electron chi connectivity index (χ1n) is 10.1. The molecule has 9 nitrogen and oxygen atoms in total. The molecule has 2 heterocycles. The Bertz CT molecular complexity index is 1370. The zero-order valence-electron chi connectivity index (χ0n) is 18.1. The molecule has 3 aromatic rings. The third-order valence-electron chi connectivity index (χ3n) is 4.80. The number of carbonyl (C=O) groups is 1. The minimum absolute atomic E-state index is 0.0748. The van der Waals surface area contributed by atoms with E-state index in [1.807, 2.05) is 26.0 Å². The first-order chi connectivity index (χ1) is 16.0. The molecule has 1 N–H and O–H groups in total. The molecule has 9 heteroatoms. The van der Waals surface area contributed by atoms with Crippen LogP contribution in [0.2, 0.25) is 0 Å². The van der Waals surface area contributed by atoms with Gasteiger partial charge in [-0.25, -0.2) is 9.79 Å². The van der Waals surface area contributed by atoms with Crippen LogP contribution in [0, 0.1) is 22.7 Å². The minimum atomic E-state index is -0.663. The van der Waals surface area contributed by atoms with Crippen molar-refractivity contribution < 1.29 is 9.21 Å². The Morgan fingerprint density at radius 1 is 1.18 bits per heavy atom. The quantitative estimate of drug-likeness (QED) is 0.339. The molecule has 1 amide bonds. The number of pyridine rings is 1. The molecule has 0 saturated heterocycles. The lowest BCUT2D eigenvalue weighted by molar-refractivity contribution is 0.0962. The molecule has 0 bridgehead atoms. The van der Waals surface area contributed by atoms with Crippen LogP contribution in [0.1, 0.15) is 29.9 Å². The van der Waals surface area contributed by atoms with Crippen molar-refractivity contribution in [2.24, 2.45) is 4.99 Å². The van der Waals surface area contributed by atoms with Gasteiger partial charge in [0, 0.05) is 42.6 Å². The molecule has 0 fully saturated rings. The van der Waals surface area contributed by atoms with E-state index in [9.17, 15) is 20.1 Å². The van der Waals surface area contributed by atoms with Gasteiger partial charge in [0.15, 0.2) is 11.4 Å².